The molecule has 1 unspecified atom stereocenters. The highest BCUT2D eigenvalue weighted by Crippen LogP contribution is 2.03. The summed E-state index contributed by atoms with van der Waals surface area (Å²) in [4.78, 5) is 11.0. The number of carbonyl (C=O) groups is 1. The van der Waals surface area contributed by atoms with Gasteiger partial charge in [0.15, 0.2) is 0 Å². The van der Waals surface area contributed by atoms with Crippen molar-refractivity contribution in [3.8, 4) is 0 Å². The lowest BCUT2D eigenvalue weighted by Crippen LogP contribution is -2.15. The molecule has 2 heteroatoms. The lowest BCUT2D eigenvalue weighted by molar-refractivity contribution is -0.123. The van der Waals surface area contributed by atoms with Gasteiger partial charge < -0.3 is 5.11 Å². The van der Waals surface area contributed by atoms with Crippen molar-refractivity contribution in [2.45, 2.75) is 33.3 Å². The quantitative estimate of drug-likeness (QED) is 0.627. The van der Waals surface area contributed by atoms with E-state index >= 15 is 0 Å². The number of aliphatic hydroxyl groups excluding tert-OH is 1. The minimum absolute atomic E-state index is 0.0231. The van der Waals surface area contributed by atoms with Crippen LogP contribution in [0.4, 0.5) is 0 Å². The molecule has 0 aromatic rings. The molecule has 2 nitrogen and oxygen atoms in total. The van der Waals surface area contributed by atoms with Crippen LogP contribution >= 0.6 is 0 Å². The average Bonchev–Trinajstić information content (AvgIpc) is 1.87. The van der Waals surface area contributed by atoms with E-state index in [1.54, 1.807) is 12.2 Å². The molecule has 11 heavy (non-hydrogen) atoms. The minimum atomic E-state index is -0.602. The monoisotopic (exact) mass is 156 g/mol. The zero-order valence-electron chi connectivity index (χ0n) is 7.37. The Morgan fingerprint density at radius 1 is 1.55 bits per heavy atom. The van der Waals surface area contributed by atoms with Crippen LogP contribution in [-0.4, -0.2) is 17.0 Å². The predicted octanol–water partition coefficient (Wildman–Crippen LogP) is 1.54. The summed E-state index contributed by atoms with van der Waals surface area (Å²) in [5, 5.41) is 9.16. The highest BCUT2D eigenvalue weighted by Gasteiger charge is 2.10. The van der Waals surface area contributed by atoms with Gasteiger partial charge in [-0.15, -0.1) is 0 Å². The maximum Gasteiger partial charge on any atom is 0.138 e. The first-order valence-corrected chi connectivity index (χ1v) is 3.91. The molecule has 0 aliphatic heterocycles. The highest BCUT2D eigenvalue weighted by molar-refractivity contribution is 5.80. The van der Waals surface area contributed by atoms with Gasteiger partial charge in [0.1, 0.15) is 5.78 Å². The molecule has 0 amide bonds. The SMILES string of the molecule is C/C=C/C(O)CC(=O)C(C)C. The molecule has 0 saturated carbocycles. The van der Waals surface area contributed by atoms with Crippen LogP contribution in [0.3, 0.4) is 0 Å². The highest BCUT2D eigenvalue weighted by atomic mass is 16.3. The molecule has 0 bridgehead atoms. The summed E-state index contributed by atoms with van der Waals surface area (Å²) >= 11 is 0. The standard InChI is InChI=1S/C9H16O2/c1-4-5-8(10)6-9(11)7(2)3/h4-5,7-8,10H,6H2,1-3H3/b5-4+. The van der Waals surface area contributed by atoms with Crippen LogP contribution in [0.5, 0.6) is 0 Å². The average molecular weight is 156 g/mol. The first kappa shape index (κ1) is 10.4. The Bertz CT molecular complexity index is 148. The molecule has 0 heterocycles. The van der Waals surface area contributed by atoms with Crippen molar-refractivity contribution in [1.29, 1.82) is 0 Å². The van der Waals surface area contributed by atoms with Crippen molar-refractivity contribution in [3.63, 3.8) is 0 Å². The normalized spacial score (nSPS) is 14.3. The molecule has 0 rings (SSSR count). The van der Waals surface area contributed by atoms with Crippen LogP contribution in [0.1, 0.15) is 27.2 Å². The van der Waals surface area contributed by atoms with Crippen molar-refractivity contribution in [2.75, 3.05) is 0 Å². The number of Topliss-reactive ketones (excluding diaryl/α,β-unsaturated/α-hetero) is 1. The van der Waals surface area contributed by atoms with E-state index in [1.165, 1.54) is 0 Å². The first-order valence-electron chi connectivity index (χ1n) is 3.91. The smallest absolute Gasteiger partial charge is 0.138 e. The van der Waals surface area contributed by atoms with E-state index in [2.05, 4.69) is 0 Å². The Morgan fingerprint density at radius 2 is 2.09 bits per heavy atom. The maximum atomic E-state index is 11.0. The van der Waals surface area contributed by atoms with E-state index < -0.39 is 6.10 Å². The Hall–Kier alpha value is -0.630. The van der Waals surface area contributed by atoms with Crippen molar-refractivity contribution in [1.82, 2.24) is 0 Å². The van der Waals surface area contributed by atoms with Crippen LogP contribution in [-0.2, 0) is 4.79 Å². The van der Waals surface area contributed by atoms with Crippen LogP contribution in [0.25, 0.3) is 0 Å². The fourth-order valence-corrected chi connectivity index (χ4v) is 0.732. The molecular formula is C9H16O2. The number of carbonyl (C=O) groups excluding carboxylic acids is 1. The second-order valence-electron chi connectivity index (χ2n) is 2.92. The minimum Gasteiger partial charge on any atom is -0.389 e. The van der Waals surface area contributed by atoms with E-state index in [1.807, 2.05) is 20.8 Å². The Morgan fingerprint density at radius 3 is 2.45 bits per heavy atom. The fraction of sp³-hybridized carbons (Fsp3) is 0.667. The van der Waals surface area contributed by atoms with E-state index in [-0.39, 0.29) is 18.1 Å². The third-order valence-corrected chi connectivity index (χ3v) is 1.47. The second-order valence-corrected chi connectivity index (χ2v) is 2.92. The molecule has 64 valence electrons. The van der Waals surface area contributed by atoms with E-state index in [0.29, 0.717) is 0 Å². The molecule has 0 fully saturated rings. The Balaban J connectivity index is 3.75. The van der Waals surface area contributed by atoms with Gasteiger partial charge in [0.05, 0.1) is 6.10 Å². The number of aliphatic hydroxyl groups is 1. The summed E-state index contributed by atoms with van der Waals surface area (Å²) in [7, 11) is 0. The largest absolute Gasteiger partial charge is 0.389 e. The van der Waals surface area contributed by atoms with Crippen LogP contribution in [0, 0.1) is 5.92 Å². The van der Waals surface area contributed by atoms with E-state index in [4.69, 9.17) is 5.11 Å². The topological polar surface area (TPSA) is 37.3 Å². The van der Waals surface area contributed by atoms with Gasteiger partial charge in [-0.2, -0.15) is 0 Å². The van der Waals surface area contributed by atoms with Gasteiger partial charge in [-0.1, -0.05) is 26.0 Å². The number of ketones is 1. The van der Waals surface area contributed by atoms with Crippen LogP contribution in [0.2, 0.25) is 0 Å². The molecule has 0 aromatic heterocycles. The molecule has 0 aliphatic carbocycles. The van der Waals surface area contributed by atoms with Gasteiger partial charge >= 0.3 is 0 Å². The molecule has 1 N–H and O–H groups in total. The van der Waals surface area contributed by atoms with Crippen molar-refractivity contribution < 1.29 is 9.90 Å². The van der Waals surface area contributed by atoms with Gasteiger partial charge in [0, 0.05) is 12.3 Å². The molecule has 1 atom stereocenters. The number of hydrogen-bond donors (Lipinski definition) is 1. The fourth-order valence-electron chi connectivity index (χ4n) is 0.732. The summed E-state index contributed by atoms with van der Waals surface area (Å²) in [5.74, 6) is 0.130. The molecule has 0 radical (unpaired) electrons. The zero-order valence-corrected chi connectivity index (χ0v) is 7.37. The van der Waals surface area contributed by atoms with Crippen LogP contribution < -0.4 is 0 Å². The van der Waals surface area contributed by atoms with Gasteiger partial charge in [-0.05, 0) is 6.92 Å². The van der Waals surface area contributed by atoms with Gasteiger partial charge in [-0.25, -0.2) is 0 Å². The molecule has 0 aliphatic rings. The van der Waals surface area contributed by atoms with E-state index in [0.717, 1.165) is 0 Å². The zero-order chi connectivity index (χ0) is 8.85. The molecule has 0 saturated heterocycles. The number of rotatable bonds is 4. The van der Waals surface area contributed by atoms with Crippen molar-refractivity contribution in [3.05, 3.63) is 12.2 Å². The summed E-state index contributed by atoms with van der Waals surface area (Å²) in [6, 6.07) is 0. The third-order valence-electron chi connectivity index (χ3n) is 1.47. The molecule has 0 aromatic carbocycles. The van der Waals surface area contributed by atoms with Gasteiger partial charge in [0.2, 0.25) is 0 Å². The lowest BCUT2D eigenvalue weighted by atomic mass is 10.0. The summed E-state index contributed by atoms with van der Waals surface area (Å²) in [5.41, 5.74) is 0. The lowest BCUT2D eigenvalue weighted by Gasteiger charge is -2.06. The van der Waals surface area contributed by atoms with E-state index in [9.17, 15) is 4.79 Å². The predicted molar refractivity (Wildman–Crippen MR) is 45.3 cm³/mol. The third kappa shape index (κ3) is 4.73. The summed E-state index contributed by atoms with van der Waals surface area (Å²) in [6.07, 6.45) is 3.01. The molecule has 0 spiro atoms. The second kappa shape index (κ2) is 5.08. The van der Waals surface area contributed by atoms with Gasteiger partial charge in [0.25, 0.3) is 0 Å². The Labute approximate surface area is 67.9 Å². The van der Waals surface area contributed by atoms with Gasteiger partial charge in [-0.3, -0.25) is 4.79 Å². The number of allylic oxidation sites excluding steroid dienone is 1. The van der Waals surface area contributed by atoms with Crippen molar-refractivity contribution >= 4 is 5.78 Å². The summed E-state index contributed by atoms with van der Waals surface area (Å²) < 4.78 is 0. The summed E-state index contributed by atoms with van der Waals surface area (Å²) in [6.45, 7) is 5.50. The molecular weight excluding hydrogens is 140 g/mol. The first-order chi connectivity index (χ1) is 5.07. The number of hydrogen-bond acceptors (Lipinski definition) is 2. The van der Waals surface area contributed by atoms with Crippen molar-refractivity contribution in [2.24, 2.45) is 5.92 Å². The Kier molecular flexibility index (Phi) is 4.79. The maximum absolute atomic E-state index is 11.0. The van der Waals surface area contributed by atoms with Crippen LogP contribution in [0.15, 0.2) is 12.2 Å².